The summed E-state index contributed by atoms with van der Waals surface area (Å²) < 4.78 is 18.8. The largest absolute Gasteiger partial charge is 0.493 e. The number of hydrogen-bond donors (Lipinski definition) is 0. The molecule has 0 spiro atoms. The summed E-state index contributed by atoms with van der Waals surface area (Å²) in [5, 5.41) is 14.7. The van der Waals surface area contributed by atoms with E-state index in [1.807, 2.05) is 41.3 Å². The maximum atomic E-state index is 13.4. The van der Waals surface area contributed by atoms with Crippen molar-refractivity contribution in [2.24, 2.45) is 0 Å². The molecule has 11 heteroatoms. The molecule has 2 saturated heterocycles. The zero-order valence-corrected chi connectivity index (χ0v) is 27.6. The molecular weight excluding hydrogens is 613 g/mol. The second-order valence-corrected chi connectivity index (χ2v) is 13.0. The Kier molecular flexibility index (Phi) is 9.73. The molecule has 5 aromatic rings. The van der Waals surface area contributed by atoms with E-state index in [0.29, 0.717) is 50.7 Å². The first-order valence-electron chi connectivity index (χ1n) is 16.4. The Morgan fingerprint density at radius 3 is 2.51 bits per heavy atom. The Morgan fingerprint density at radius 1 is 0.894 bits per heavy atom. The van der Waals surface area contributed by atoms with Gasteiger partial charge >= 0.3 is 0 Å². The molecular formula is C36H40N6O4S. The SMILES string of the molecule is COc1cc2c(Cc3ccncc3)nnc(N3CCN(C(=O)c4ccc5ccsc5c4)CC3)c2cc1OCCCCN1CCOCC1. The van der Waals surface area contributed by atoms with Gasteiger partial charge in [-0.05, 0) is 78.2 Å². The Balaban J connectivity index is 1.10. The number of methoxy groups -OCH3 is 1. The molecule has 47 heavy (non-hydrogen) atoms. The summed E-state index contributed by atoms with van der Waals surface area (Å²) in [4.78, 5) is 24.2. The van der Waals surface area contributed by atoms with Crippen molar-refractivity contribution in [3.05, 3.63) is 83.1 Å². The molecule has 244 valence electrons. The van der Waals surface area contributed by atoms with Crippen LogP contribution in [0.4, 0.5) is 5.82 Å². The zero-order chi connectivity index (χ0) is 32.0. The number of thiophene rings is 1. The van der Waals surface area contributed by atoms with E-state index in [1.165, 1.54) is 5.39 Å². The van der Waals surface area contributed by atoms with Crippen molar-refractivity contribution in [2.45, 2.75) is 19.3 Å². The van der Waals surface area contributed by atoms with Gasteiger partial charge in [-0.15, -0.1) is 16.4 Å². The number of piperazine rings is 1. The first-order chi connectivity index (χ1) is 23.2. The van der Waals surface area contributed by atoms with Crippen LogP contribution < -0.4 is 14.4 Å². The number of benzene rings is 2. The molecule has 2 aliphatic rings. The van der Waals surface area contributed by atoms with Crippen LogP contribution in [0.5, 0.6) is 11.5 Å². The van der Waals surface area contributed by atoms with E-state index in [2.05, 4.69) is 32.3 Å². The monoisotopic (exact) mass is 652 g/mol. The smallest absolute Gasteiger partial charge is 0.254 e. The van der Waals surface area contributed by atoms with Gasteiger partial charge in [-0.1, -0.05) is 6.07 Å². The normalized spacial score (nSPS) is 15.8. The number of ether oxygens (including phenoxy) is 3. The lowest BCUT2D eigenvalue weighted by Crippen LogP contribution is -2.49. The van der Waals surface area contributed by atoms with Gasteiger partial charge in [-0.2, -0.15) is 5.10 Å². The molecule has 2 aromatic carbocycles. The van der Waals surface area contributed by atoms with Crippen molar-refractivity contribution in [1.29, 1.82) is 0 Å². The predicted octanol–water partition coefficient (Wildman–Crippen LogP) is 5.29. The summed E-state index contributed by atoms with van der Waals surface area (Å²) >= 11 is 1.66. The lowest BCUT2D eigenvalue weighted by Gasteiger charge is -2.35. The van der Waals surface area contributed by atoms with Crippen molar-refractivity contribution >= 4 is 43.9 Å². The average Bonchev–Trinajstić information content (AvgIpc) is 3.60. The molecule has 0 unspecified atom stereocenters. The van der Waals surface area contributed by atoms with E-state index in [1.54, 1.807) is 30.8 Å². The van der Waals surface area contributed by atoms with Gasteiger partial charge in [0.15, 0.2) is 17.3 Å². The number of unbranched alkanes of at least 4 members (excludes halogenated alkanes) is 1. The Morgan fingerprint density at radius 2 is 1.70 bits per heavy atom. The third-order valence-corrected chi connectivity index (χ3v) is 9.92. The van der Waals surface area contributed by atoms with E-state index in [-0.39, 0.29) is 5.91 Å². The van der Waals surface area contributed by atoms with Crippen LogP contribution in [0.3, 0.4) is 0 Å². The highest BCUT2D eigenvalue weighted by Crippen LogP contribution is 2.38. The molecule has 0 radical (unpaired) electrons. The number of nitrogens with zero attached hydrogens (tertiary/aromatic N) is 6. The minimum Gasteiger partial charge on any atom is -0.493 e. The molecule has 0 aliphatic carbocycles. The topological polar surface area (TPSA) is 93.2 Å². The van der Waals surface area contributed by atoms with Gasteiger partial charge in [-0.25, -0.2) is 0 Å². The second kappa shape index (κ2) is 14.6. The first kappa shape index (κ1) is 31.3. The van der Waals surface area contributed by atoms with E-state index < -0.39 is 0 Å². The Labute approximate surface area is 278 Å². The fraction of sp³-hybridized carbons (Fsp3) is 0.389. The number of fused-ring (bicyclic) bond motifs is 2. The minimum atomic E-state index is 0.0673. The van der Waals surface area contributed by atoms with Crippen LogP contribution in [0.15, 0.2) is 66.3 Å². The number of rotatable bonds is 11. The standard InChI is InChI=1S/C36H40N6O4S/c1-44-32-24-29-30(25-33(32)46-18-3-2-11-40-16-19-45-20-17-40)35(39-38-31(29)22-26-6-9-37-10-7-26)41-12-14-42(15-13-41)36(43)28-5-4-27-8-21-47-34(27)23-28/h4-10,21,23-25H,2-3,11-20,22H2,1H3. The van der Waals surface area contributed by atoms with Crippen molar-refractivity contribution in [3.8, 4) is 11.5 Å². The summed E-state index contributed by atoms with van der Waals surface area (Å²) in [5.74, 6) is 2.25. The van der Waals surface area contributed by atoms with Gasteiger partial charge in [0, 0.05) is 79.1 Å². The molecule has 7 rings (SSSR count). The summed E-state index contributed by atoms with van der Waals surface area (Å²) in [5.41, 5.74) is 2.71. The number of carbonyl (C=O) groups is 1. The van der Waals surface area contributed by atoms with E-state index in [9.17, 15) is 4.79 Å². The fourth-order valence-electron chi connectivity index (χ4n) is 6.37. The predicted molar refractivity (Wildman–Crippen MR) is 185 cm³/mol. The summed E-state index contributed by atoms with van der Waals surface area (Å²) in [6.45, 7) is 7.80. The Hall–Kier alpha value is -4.32. The molecule has 3 aromatic heterocycles. The lowest BCUT2D eigenvalue weighted by atomic mass is 10.0. The van der Waals surface area contributed by atoms with Crippen molar-refractivity contribution < 1.29 is 19.0 Å². The van der Waals surface area contributed by atoms with Crippen molar-refractivity contribution in [2.75, 3.05) is 77.6 Å². The van der Waals surface area contributed by atoms with Crippen LogP contribution in [0, 0.1) is 0 Å². The summed E-state index contributed by atoms with van der Waals surface area (Å²) in [6, 6.07) is 16.1. The van der Waals surface area contributed by atoms with Crippen molar-refractivity contribution in [1.82, 2.24) is 25.0 Å². The quantitative estimate of drug-likeness (QED) is 0.177. The number of anilines is 1. The molecule has 2 aliphatic heterocycles. The molecule has 10 nitrogen and oxygen atoms in total. The van der Waals surface area contributed by atoms with Gasteiger partial charge in [0.2, 0.25) is 0 Å². The van der Waals surface area contributed by atoms with E-state index in [0.717, 1.165) is 83.8 Å². The third kappa shape index (κ3) is 7.17. The number of hydrogen-bond acceptors (Lipinski definition) is 10. The number of pyridine rings is 1. The van der Waals surface area contributed by atoms with E-state index >= 15 is 0 Å². The van der Waals surface area contributed by atoms with Crippen LogP contribution in [0.1, 0.15) is 34.5 Å². The lowest BCUT2D eigenvalue weighted by molar-refractivity contribution is 0.0368. The van der Waals surface area contributed by atoms with Gasteiger partial charge in [0.05, 0.1) is 32.6 Å². The molecule has 0 bridgehead atoms. The van der Waals surface area contributed by atoms with Gasteiger partial charge < -0.3 is 24.0 Å². The highest BCUT2D eigenvalue weighted by Gasteiger charge is 2.26. The zero-order valence-electron chi connectivity index (χ0n) is 26.8. The minimum absolute atomic E-state index is 0.0673. The second-order valence-electron chi connectivity index (χ2n) is 12.0. The van der Waals surface area contributed by atoms with Crippen LogP contribution >= 0.6 is 11.3 Å². The van der Waals surface area contributed by atoms with Crippen LogP contribution in [-0.4, -0.2) is 104 Å². The number of amides is 1. The highest BCUT2D eigenvalue weighted by atomic mass is 32.1. The molecule has 0 saturated carbocycles. The van der Waals surface area contributed by atoms with E-state index in [4.69, 9.17) is 24.4 Å². The molecule has 5 heterocycles. The Bertz CT molecular complexity index is 1820. The summed E-state index contributed by atoms with van der Waals surface area (Å²) in [6.07, 6.45) is 6.22. The van der Waals surface area contributed by atoms with Crippen molar-refractivity contribution in [3.63, 3.8) is 0 Å². The molecule has 1 amide bonds. The number of morpholine rings is 1. The first-order valence-corrected chi connectivity index (χ1v) is 17.2. The van der Waals surface area contributed by atoms with Gasteiger partial charge in [-0.3, -0.25) is 14.7 Å². The molecule has 0 N–H and O–H groups in total. The van der Waals surface area contributed by atoms with Gasteiger partial charge in [0.25, 0.3) is 5.91 Å². The number of aromatic nitrogens is 3. The molecule has 0 atom stereocenters. The van der Waals surface area contributed by atoms with Crippen LogP contribution in [-0.2, 0) is 11.2 Å². The van der Waals surface area contributed by atoms with Gasteiger partial charge in [0.1, 0.15) is 0 Å². The third-order valence-electron chi connectivity index (χ3n) is 9.04. The molecule has 2 fully saturated rings. The maximum Gasteiger partial charge on any atom is 0.254 e. The van der Waals surface area contributed by atoms with Crippen LogP contribution in [0.2, 0.25) is 0 Å². The maximum absolute atomic E-state index is 13.4. The fourth-order valence-corrected chi connectivity index (χ4v) is 7.19. The van der Waals surface area contributed by atoms with Crippen LogP contribution in [0.25, 0.3) is 20.9 Å². The highest BCUT2D eigenvalue weighted by molar-refractivity contribution is 7.17. The average molecular weight is 653 g/mol. The number of carbonyl (C=O) groups excluding carboxylic acids is 1. The summed E-state index contributed by atoms with van der Waals surface area (Å²) in [7, 11) is 1.68.